The summed E-state index contributed by atoms with van der Waals surface area (Å²) in [5, 5.41) is 13.2. The summed E-state index contributed by atoms with van der Waals surface area (Å²) in [6.07, 6.45) is 7.06. The van der Waals surface area contributed by atoms with Crippen molar-refractivity contribution in [3.8, 4) is 0 Å². The fraction of sp³-hybridized carbons (Fsp3) is 0.467. The molecular formula is C15H22N4O. The zero-order valence-corrected chi connectivity index (χ0v) is 11.6. The van der Waals surface area contributed by atoms with Crippen molar-refractivity contribution in [1.29, 1.82) is 5.41 Å². The number of carbonyl (C=O) groups is 1. The van der Waals surface area contributed by atoms with E-state index in [-0.39, 0.29) is 17.9 Å². The second-order valence-corrected chi connectivity index (χ2v) is 5.28. The van der Waals surface area contributed by atoms with Crippen molar-refractivity contribution in [2.45, 2.75) is 44.6 Å². The first-order valence-electron chi connectivity index (χ1n) is 7.17. The van der Waals surface area contributed by atoms with E-state index >= 15 is 0 Å². The number of amidine groups is 1. The molecule has 20 heavy (non-hydrogen) atoms. The molecule has 0 bridgehead atoms. The Bertz CT molecular complexity index is 461. The second-order valence-electron chi connectivity index (χ2n) is 5.28. The molecule has 5 heteroatoms. The lowest BCUT2D eigenvalue weighted by atomic mass is 10.1. The van der Waals surface area contributed by atoms with Crippen LogP contribution in [0.25, 0.3) is 0 Å². The van der Waals surface area contributed by atoms with Gasteiger partial charge in [0.25, 0.3) is 0 Å². The third-order valence-corrected chi connectivity index (χ3v) is 3.64. The summed E-state index contributed by atoms with van der Waals surface area (Å²) >= 11 is 0. The molecule has 1 aromatic carbocycles. The maximum Gasteiger partial charge on any atom is 0.319 e. The van der Waals surface area contributed by atoms with Crippen LogP contribution in [0, 0.1) is 5.41 Å². The molecule has 0 heterocycles. The molecule has 0 unspecified atom stereocenters. The molecule has 5 nitrogen and oxygen atoms in total. The molecule has 1 aliphatic rings. The Balaban J connectivity index is 1.85. The zero-order chi connectivity index (χ0) is 14.4. The van der Waals surface area contributed by atoms with Crippen LogP contribution >= 0.6 is 0 Å². The second kappa shape index (κ2) is 6.93. The van der Waals surface area contributed by atoms with Crippen molar-refractivity contribution in [3.63, 3.8) is 0 Å². The number of hydrogen-bond acceptors (Lipinski definition) is 2. The minimum absolute atomic E-state index is 0.0273. The van der Waals surface area contributed by atoms with Crippen molar-refractivity contribution < 1.29 is 4.79 Å². The Morgan fingerprint density at radius 3 is 2.25 bits per heavy atom. The Kier molecular flexibility index (Phi) is 4.98. The van der Waals surface area contributed by atoms with Crippen LogP contribution < -0.4 is 16.4 Å². The predicted octanol–water partition coefficient (Wildman–Crippen LogP) is 2.81. The highest BCUT2D eigenvalue weighted by atomic mass is 16.2. The maximum atomic E-state index is 11.9. The van der Waals surface area contributed by atoms with Crippen LogP contribution in [0.15, 0.2) is 24.3 Å². The van der Waals surface area contributed by atoms with Gasteiger partial charge in [-0.2, -0.15) is 0 Å². The van der Waals surface area contributed by atoms with Crippen LogP contribution in [-0.4, -0.2) is 17.9 Å². The fourth-order valence-electron chi connectivity index (χ4n) is 2.51. The van der Waals surface area contributed by atoms with Gasteiger partial charge in [0.2, 0.25) is 0 Å². The van der Waals surface area contributed by atoms with E-state index in [1.807, 2.05) is 0 Å². The van der Waals surface area contributed by atoms with Gasteiger partial charge in [-0.3, -0.25) is 5.41 Å². The first-order valence-corrected chi connectivity index (χ1v) is 7.17. The van der Waals surface area contributed by atoms with Gasteiger partial charge in [0.15, 0.2) is 0 Å². The van der Waals surface area contributed by atoms with Crippen LogP contribution in [0.5, 0.6) is 0 Å². The summed E-state index contributed by atoms with van der Waals surface area (Å²) in [6, 6.07) is 7.08. The molecule has 1 aromatic rings. The standard InChI is InChI=1S/C15H22N4O/c16-14(17)11-7-9-13(10-8-11)19-15(20)18-12-5-3-1-2-4-6-12/h7-10,12H,1-6H2,(H3,16,17)(H2,18,19,20). The first kappa shape index (κ1) is 14.4. The van der Waals surface area contributed by atoms with Gasteiger partial charge in [-0.1, -0.05) is 25.7 Å². The normalized spacial score (nSPS) is 16.2. The first-order chi connectivity index (χ1) is 9.65. The van der Waals surface area contributed by atoms with Crippen molar-refractivity contribution in [3.05, 3.63) is 29.8 Å². The van der Waals surface area contributed by atoms with E-state index in [9.17, 15) is 4.79 Å². The van der Waals surface area contributed by atoms with Gasteiger partial charge in [-0.15, -0.1) is 0 Å². The Morgan fingerprint density at radius 2 is 1.70 bits per heavy atom. The van der Waals surface area contributed by atoms with E-state index in [4.69, 9.17) is 11.1 Å². The fourth-order valence-corrected chi connectivity index (χ4v) is 2.51. The molecular weight excluding hydrogens is 252 g/mol. The summed E-state index contributed by atoms with van der Waals surface area (Å²) < 4.78 is 0. The summed E-state index contributed by atoms with van der Waals surface area (Å²) in [5.41, 5.74) is 6.75. The van der Waals surface area contributed by atoms with Gasteiger partial charge in [-0.25, -0.2) is 4.79 Å². The lowest BCUT2D eigenvalue weighted by Crippen LogP contribution is -2.37. The molecule has 108 valence electrons. The van der Waals surface area contributed by atoms with Crippen molar-refractivity contribution >= 4 is 17.6 Å². The zero-order valence-electron chi connectivity index (χ0n) is 11.6. The smallest absolute Gasteiger partial charge is 0.319 e. The van der Waals surface area contributed by atoms with E-state index in [2.05, 4.69) is 10.6 Å². The van der Waals surface area contributed by atoms with Gasteiger partial charge in [-0.05, 0) is 37.1 Å². The van der Waals surface area contributed by atoms with E-state index < -0.39 is 0 Å². The monoisotopic (exact) mass is 274 g/mol. The molecule has 0 atom stereocenters. The number of hydrogen-bond donors (Lipinski definition) is 4. The lowest BCUT2D eigenvalue weighted by molar-refractivity contribution is 0.247. The number of carbonyl (C=O) groups excluding carboxylic acids is 1. The minimum Gasteiger partial charge on any atom is -0.384 e. The van der Waals surface area contributed by atoms with Gasteiger partial charge < -0.3 is 16.4 Å². The summed E-state index contributed by atoms with van der Waals surface area (Å²) in [5.74, 6) is 0.0273. The molecule has 0 aliphatic heterocycles. The third-order valence-electron chi connectivity index (χ3n) is 3.64. The predicted molar refractivity (Wildman–Crippen MR) is 81.1 cm³/mol. The van der Waals surface area contributed by atoms with Gasteiger partial charge >= 0.3 is 6.03 Å². The minimum atomic E-state index is -0.160. The Hall–Kier alpha value is -2.04. The summed E-state index contributed by atoms with van der Waals surface area (Å²) in [6.45, 7) is 0. The molecule has 5 N–H and O–H groups in total. The van der Waals surface area contributed by atoms with Gasteiger partial charge in [0, 0.05) is 17.3 Å². The van der Waals surface area contributed by atoms with Crippen LogP contribution in [0.4, 0.5) is 10.5 Å². The van der Waals surface area contributed by atoms with Crippen molar-refractivity contribution in [1.82, 2.24) is 5.32 Å². The highest BCUT2D eigenvalue weighted by Crippen LogP contribution is 2.17. The highest BCUT2D eigenvalue weighted by molar-refractivity contribution is 5.96. The van der Waals surface area contributed by atoms with E-state index in [0.717, 1.165) is 12.8 Å². The average molecular weight is 274 g/mol. The number of benzene rings is 1. The van der Waals surface area contributed by atoms with E-state index in [0.29, 0.717) is 11.3 Å². The summed E-state index contributed by atoms with van der Waals surface area (Å²) in [7, 11) is 0. The maximum absolute atomic E-state index is 11.9. The number of nitrogens with one attached hydrogen (secondary N) is 3. The average Bonchev–Trinajstić information content (AvgIpc) is 2.68. The molecule has 0 aromatic heterocycles. The van der Waals surface area contributed by atoms with E-state index in [1.54, 1.807) is 24.3 Å². The number of nitrogens with two attached hydrogens (primary N) is 1. The van der Waals surface area contributed by atoms with Crippen LogP contribution in [0.3, 0.4) is 0 Å². The quantitative estimate of drug-likeness (QED) is 0.388. The third kappa shape index (κ3) is 4.26. The van der Waals surface area contributed by atoms with Crippen molar-refractivity contribution in [2.24, 2.45) is 5.73 Å². The largest absolute Gasteiger partial charge is 0.384 e. The molecule has 2 rings (SSSR count). The number of amides is 2. The number of nitrogen functional groups attached to an aromatic ring is 1. The molecule has 1 fully saturated rings. The van der Waals surface area contributed by atoms with Crippen molar-refractivity contribution in [2.75, 3.05) is 5.32 Å². The molecule has 2 amide bonds. The summed E-state index contributed by atoms with van der Waals surface area (Å²) in [4.78, 5) is 11.9. The molecule has 0 saturated heterocycles. The van der Waals surface area contributed by atoms with Gasteiger partial charge in [0.05, 0.1) is 0 Å². The molecule has 1 saturated carbocycles. The highest BCUT2D eigenvalue weighted by Gasteiger charge is 2.14. The van der Waals surface area contributed by atoms with Gasteiger partial charge in [0.1, 0.15) is 5.84 Å². The number of anilines is 1. The molecule has 0 radical (unpaired) electrons. The van der Waals surface area contributed by atoms with Crippen LogP contribution in [-0.2, 0) is 0 Å². The lowest BCUT2D eigenvalue weighted by Gasteiger charge is -2.16. The Labute approximate surface area is 119 Å². The molecule has 0 spiro atoms. The SMILES string of the molecule is N=C(N)c1ccc(NC(=O)NC2CCCCCC2)cc1. The van der Waals surface area contributed by atoms with E-state index in [1.165, 1.54) is 25.7 Å². The Morgan fingerprint density at radius 1 is 1.10 bits per heavy atom. The van der Waals surface area contributed by atoms with Crippen LogP contribution in [0.1, 0.15) is 44.1 Å². The molecule has 1 aliphatic carbocycles. The topological polar surface area (TPSA) is 91.0 Å². The van der Waals surface area contributed by atoms with Crippen LogP contribution in [0.2, 0.25) is 0 Å². The number of urea groups is 1. The number of rotatable bonds is 3.